The summed E-state index contributed by atoms with van der Waals surface area (Å²) < 4.78 is 1.13. The summed E-state index contributed by atoms with van der Waals surface area (Å²) in [6.45, 7) is 10.3. The number of Topliss-reactive ketones (excluding diaryl/α,β-unsaturated/α-hetero) is 1. The van der Waals surface area contributed by atoms with E-state index in [0.29, 0.717) is 0 Å². The van der Waals surface area contributed by atoms with Crippen LogP contribution in [0.15, 0.2) is 53.0 Å². The highest BCUT2D eigenvalue weighted by Gasteiger charge is 2.04. The first-order chi connectivity index (χ1) is 12.8. The third-order valence-electron chi connectivity index (χ3n) is 4.02. The van der Waals surface area contributed by atoms with Gasteiger partial charge in [-0.2, -0.15) is 5.10 Å². The third kappa shape index (κ3) is 9.00. The van der Waals surface area contributed by atoms with Gasteiger partial charge < -0.3 is 0 Å². The molecule has 4 heteroatoms. The smallest absolute Gasteiger partial charge is 0.159 e. The van der Waals surface area contributed by atoms with E-state index >= 15 is 0 Å². The molecule has 0 saturated heterocycles. The predicted molar refractivity (Wildman–Crippen MR) is 119 cm³/mol. The highest BCUT2D eigenvalue weighted by Crippen LogP contribution is 2.17. The number of benzene rings is 2. The predicted octanol–water partition coefficient (Wildman–Crippen LogP) is 7.36. The lowest BCUT2D eigenvalue weighted by Crippen LogP contribution is -1.90. The molecule has 3 aromatic rings. The van der Waals surface area contributed by atoms with Crippen molar-refractivity contribution in [1.29, 1.82) is 0 Å². The average molecular weight is 431 g/mol. The molecule has 1 heterocycles. The van der Waals surface area contributed by atoms with Crippen LogP contribution in [0.3, 0.4) is 0 Å². The van der Waals surface area contributed by atoms with Crippen LogP contribution in [0.1, 0.15) is 63.0 Å². The summed E-state index contributed by atoms with van der Waals surface area (Å²) in [5.74, 6) is 0.988. The van der Waals surface area contributed by atoms with Crippen LogP contribution in [0.4, 0.5) is 0 Å². The summed E-state index contributed by atoms with van der Waals surface area (Å²) in [6, 6.07) is 15.5. The highest BCUT2D eigenvalue weighted by atomic mass is 79.9. The molecule has 3 rings (SSSR count). The van der Waals surface area contributed by atoms with Gasteiger partial charge in [-0.1, -0.05) is 74.2 Å². The minimum absolute atomic E-state index is 0.0856. The minimum atomic E-state index is 0.0856. The fraction of sp³-hybridized carbons (Fsp3) is 0.391. The summed E-state index contributed by atoms with van der Waals surface area (Å²) in [5, 5.41) is 7.98. The van der Waals surface area contributed by atoms with Gasteiger partial charge in [0.2, 0.25) is 0 Å². The Hall–Kier alpha value is -1.94. The van der Waals surface area contributed by atoms with Crippen molar-refractivity contribution in [3.05, 3.63) is 64.3 Å². The molecule has 1 aromatic heterocycles. The number of H-pyrrole nitrogens is 1. The second-order valence-corrected chi connectivity index (χ2v) is 7.88. The Labute approximate surface area is 171 Å². The molecule has 27 heavy (non-hydrogen) atoms. The van der Waals surface area contributed by atoms with Gasteiger partial charge in [0.1, 0.15) is 0 Å². The van der Waals surface area contributed by atoms with E-state index in [1.54, 1.807) is 13.0 Å². The largest absolute Gasteiger partial charge is 0.295 e. The monoisotopic (exact) mass is 430 g/mol. The summed E-state index contributed by atoms with van der Waals surface area (Å²) in [7, 11) is 0. The number of aryl methyl sites for hydroxylation is 1. The number of ketones is 1. The van der Waals surface area contributed by atoms with Crippen molar-refractivity contribution < 1.29 is 4.79 Å². The molecule has 3 nitrogen and oxygen atoms in total. The van der Waals surface area contributed by atoms with Crippen LogP contribution in [-0.2, 0) is 0 Å². The SMILES string of the molecule is Brc1ccccc1.CC(=O)c1ccc2n[nH]c(C)c2c1.CCCCC(C)C. The first kappa shape index (κ1) is 23.1. The van der Waals surface area contributed by atoms with E-state index in [1.165, 1.54) is 19.3 Å². The first-order valence-corrected chi connectivity index (χ1v) is 10.3. The van der Waals surface area contributed by atoms with Crippen molar-refractivity contribution in [2.45, 2.75) is 53.9 Å². The van der Waals surface area contributed by atoms with Gasteiger partial charge in [-0.25, -0.2) is 0 Å². The molecule has 0 fully saturated rings. The molecule has 0 atom stereocenters. The number of nitrogens with zero attached hydrogens (tertiary/aromatic N) is 1. The molecule has 1 N–H and O–H groups in total. The van der Waals surface area contributed by atoms with Crippen molar-refractivity contribution >= 4 is 32.6 Å². The molecule has 0 saturated carbocycles. The average Bonchev–Trinajstić information content (AvgIpc) is 3.02. The standard InChI is InChI=1S/C10H10N2O.C7H16.C6H5Br/c1-6-9-5-8(7(2)13)3-4-10(9)12-11-6;1-4-5-6-7(2)3;7-6-4-2-1-3-5-6/h3-5H,1-2H3,(H,11,12);7H,4-6H2,1-3H3;1-5H. The van der Waals surface area contributed by atoms with Gasteiger partial charge in [-0.3, -0.25) is 9.89 Å². The van der Waals surface area contributed by atoms with E-state index < -0.39 is 0 Å². The molecule has 0 bridgehead atoms. The van der Waals surface area contributed by atoms with E-state index in [-0.39, 0.29) is 5.78 Å². The van der Waals surface area contributed by atoms with Gasteiger partial charge in [0.05, 0.1) is 5.52 Å². The molecule has 0 aliphatic carbocycles. The Morgan fingerprint density at radius 3 is 2.26 bits per heavy atom. The van der Waals surface area contributed by atoms with Crippen molar-refractivity contribution in [3.63, 3.8) is 0 Å². The van der Waals surface area contributed by atoms with Crippen LogP contribution in [-0.4, -0.2) is 16.0 Å². The van der Waals surface area contributed by atoms with Gasteiger partial charge in [0.25, 0.3) is 0 Å². The molecule has 0 aliphatic rings. The van der Waals surface area contributed by atoms with Crippen LogP contribution in [0, 0.1) is 12.8 Å². The number of aromatic nitrogens is 2. The van der Waals surface area contributed by atoms with Gasteiger partial charge in [0.15, 0.2) is 5.78 Å². The van der Waals surface area contributed by atoms with Gasteiger partial charge >= 0.3 is 0 Å². The second-order valence-electron chi connectivity index (χ2n) is 6.97. The molecule has 0 unspecified atom stereocenters. The van der Waals surface area contributed by atoms with E-state index in [2.05, 4.69) is 46.9 Å². The Balaban J connectivity index is 0.000000223. The number of hydrogen-bond donors (Lipinski definition) is 1. The Bertz CT molecular complexity index is 810. The molecule has 0 aliphatic heterocycles. The molecular formula is C23H31BrN2O. The number of carbonyl (C=O) groups is 1. The molecule has 0 radical (unpaired) electrons. The minimum Gasteiger partial charge on any atom is -0.295 e. The zero-order chi connectivity index (χ0) is 20.2. The maximum Gasteiger partial charge on any atom is 0.159 e. The summed E-state index contributed by atoms with van der Waals surface area (Å²) in [6.07, 6.45) is 4.15. The fourth-order valence-corrected chi connectivity index (χ4v) is 2.69. The topological polar surface area (TPSA) is 45.8 Å². The molecule has 2 aromatic carbocycles. The number of unbranched alkanes of at least 4 members (excludes halogenated alkanes) is 1. The molecule has 0 amide bonds. The van der Waals surface area contributed by atoms with E-state index in [9.17, 15) is 4.79 Å². The quantitative estimate of drug-likeness (QED) is 0.439. The van der Waals surface area contributed by atoms with E-state index in [4.69, 9.17) is 0 Å². The number of hydrogen-bond acceptors (Lipinski definition) is 2. The van der Waals surface area contributed by atoms with Gasteiger partial charge in [-0.05, 0) is 50.1 Å². The first-order valence-electron chi connectivity index (χ1n) is 9.51. The number of nitrogens with one attached hydrogen (secondary N) is 1. The molecule has 146 valence electrons. The fourth-order valence-electron chi connectivity index (χ4n) is 2.38. The summed E-state index contributed by atoms with van der Waals surface area (Å²) >= 11 is 3.31. The van der Waals surface area contributed by atoms with Crippen LogP contribution in [0.5, 0.6) is 0 Å². The van der Waals surface area contributed by atoms with Crippen LogP contribution >= 0.6 is 15.9 Å². The number of fused-ring (bicyclic) bond motifs is 1. The highest BCUT2D eigenvalue weighted by molar-refractivity contribution is 9.10. The van der Waals surface area contributed by atoms with Crippen molar-refractivity contribution in [2.24, 2.45) is 5.92 Å². The lowest BCUT2D eigenvalue weighted by Gasteiger charge is -1.98. The third-order valence-corrected chi connectivity index (χ3v) is 4.55. The number of carbonyl (C=O) groups excluding carboxylic acids is 1. The van der Waals surface area contributed by atoms with Crippen molar-refractivity contribution in [1.82, 2.24) is 10.2 Å². The second kappa shape index (κ2) is 12.4. The van der Waals surface area contributed by atoms with Crippen molar-refractivity contribution in [2.75, 3.05) is 0 Å². The maximum atomic E-state index is 11.1. The Morgan fingerprint density at radius 1 is 1.15 bits per heavy atom. The molecular weight excluding hydrogens is 400 g/mol. The van der Waals surface area contributed by atoms with Crippen LogP contribution < -0.4 is 0 Å². The summed E-state index contributed by atoms with van der Waals surface area (Å²) in [4.78, 5) is 11.1. The van der Waals surface area contributed by atoms with E-state index in [0.717, 1.165) is 32.6 Å². The number of aromatic amines is 1. The lowest BCUT2D eigenvalue weighted by atomic mass is 10.1. The van der Waals surface area contributed by atoms with Gasteiger partial charge in [-0.15, -0.1) is 0 Å². The van der Waals surface area contributed by atoms with Crippen molar-refractivity contribution in [3.8, 4) is 0 Å². The molecule has 0 spiro atoms. The van der Waals surface area contributed by atoms with Crippen LogP contribution in [0.2, 0.25) is 0 Å². The van der Waals surface area contributed by atoms with Crippen LogP contribution in [0.25, 0.3) is 10.9 Å². The number of rotatable bonds is 4. The maximum absolute atomic E-state index is 11.1. The Kier molecular flexibility index (Phi) is 10.6. The number of halogens is 1. The van der Waals surface area contributed by atoms with E-state index in [1.807, 2.05) is 49.4 Å². The van der Waals surface area contributed by atoms with Gasteiger partial charge in [0, 0.05) is 21.1 Å². The lowest BCUT2D eigenvalue weighted by molar-refractivity contribution is 0.101. The normalized spacial score (nSPS) is 10.0. The zero-order valence-corrected chi connectivity index (χ0v) is 18.6. The summed E-state index contributed by atoms with van der Waals surface area (Å²) in [5.41, 5.74) is 2.64. The zero-order valence-electron chi connectivity index (χ0n) is 17.1. The Morgan fingerprint density at radius 2 is 1.81 bits per heavy atom.